The minimum absolute atomic E-state index is 0. The Kier molecular flexibility index (Phi) is 7.09. The minimum atomic E-state index is 0. The molecule has 0 aliphatic carbocycles. The summed E-state index contributed by atoms with van der Waals surface area (Å²) in [6.45, 7) is 0. The topological polar surface area (TPSA) is 126 Å². The van der Waals surface area contributed by atoms with Gasteiger partial charge in [0.25, 0.3) is 0 Å². The molecule has 0 aliphatic heterocycles. The predicted octanol–water partition coefficient (Wildman–Crippen LogP) is 0.985. The number of furan rings is 2. The van der Waals surface area contributed by atoms with Gasteiger partial charge in [-0.15, -0.1) is 0 Å². The van der Waals surface area contributed by atoms with Gasteiger partial charge >= 0.3 is 0 Å². The molecule has 0 aromatic carbocycles. The summed E-state index contributed by atoms with van der Waals surface area (Å²) < 4.78 is 9.21. The third kappa shape index (κ3) is 4.17. The van der Waals surface area contributed by atoms with Crippen molar-refractivity contribution in [3.05, 3.63) is 47.3 Å². The Morgan fingerprint density at radius 3 is 1.26 bits per heavy atom. The van der Waals surface area contributed by atoms with Crippen LogP contribution in [0.2, 0.25) is 0 Å². The first kappa shape index (κ1) is 16.2. The van der Waals surface area contributed by atoms with E-state index in [1.807, 2.05) is 0 Å². The highest BCUT2D eigenvalue weighted by atomic mass is 16.3. The van der Waals surface area contributed by atoms with Gasteiger partial charge in [0.15, 0.2) is 36.7 Å². The summed E-state index contributed by atoms with van der Waals surface area (Å²) >= 11 is 0. The second-order valence-corrected chi connectivity index (χ2v) is 2.95. The Bertz CT molecular complexity index is 455. The van der Waals surface area contributed by atoms with E-state index in [0.717, 1.165) is 0 Å². The van der Waals surface area contributed by atoms with Crippen molar-refractivity contribution in [1.82, 2.24) is 0 Å². The molecule has 0 amide bonds. The fourth-order valence-electron chi connectivity index (χ4n) is 1.05. The molecule has 0 atom stereocenters. The SMILES string of the molecule is O.O=Cc1ccoc1C=O.O=Cc1ccoc1C=O. The molecule has 0 unspecified atom stereocenters. The van der Waals surface area contributed by atoms with E-state index < -0.39 is 0 Å². The molecule has 19 heavy (non-hydrogen) atoms. The van der Waals surface area contributed by atoms with E-state index in [2.05, 4.69) is 8.83 Å². The summed E-state index contributed by atoms with van der Waals surface area (Å²) in [5.41, 5.74) is 0.593. The van der Waals surface area contributed by atoms with E-state index in [1.165, 1.54) is 24.7 Å². The molecular weight excluding hydrogens is 256 g/mol. The van der Waals surface area contributed by atoms with Gasteiger partial charge < -0.3 is 14.3 Å². The first-order valence-electron chi connectivity index (χ1n) is 4.72. The van der Waals surface area contributed by atoms with Crippen LogP contribution in [0.15, 0.2) is 33.5 Å². The van der Waals surface area contributed by atoms with Crippen LogP contribution in [0.1, 0.15) is 41.8 Å². The van der Waals surface area contributed by atoms with Gasteiger partial charge in [-0.05, 0) is 12.1 Å². The summed E-state index contributed by atoms with van der Waals surface area (Å²) in [7, 11) is 0. The molecule has 0 bridgehead atoms. The lowest BCUT2D eigenvalue weighted by atomic mass is 10.3. The van der Waals surface area contributed by atoms with Gasteiger partial charge in [-0.2, -0.15) is 0 Å². The van der Waals surface area contributed by atoms with Crippen LogP contribution in [0.3, 0.4) is 0 Å². The molecule has 0 saturated heterocycles. The molecule has 7 nitrogen and oxygen atoms in total. The van der Waals surface area contributed by atoms with Gasteiger partial charge in [-0.3, -0.25) is 19.2 Å². The Hall–Kier alpha value is -2.80. The van der Waals surface area contributed by atoms with Crippen LogP contribution in [-0.4, -0.2) is 30.6 Å². The molecule has 0 radical (unpaired) electrons. The van der Waals surface area contributed by atoms with E-state index >= 15 is 0 Å². The number of hydrogen-bond acceptors (Lipinski definition) is 6. The summed E-state index contributed by atoms with van der Waals surface area (Å²) in [4.78, 5) is 40.0. The van der Waals surface area contributed by atoms with Crippen LogP contribution in [0.5, 0.6) is 0 Å². The minimum Gasteiger partial charge on any atom is -0.461 e. The molecule has 100 valence electrons. The molecular formula is C12H10O7. The number of aldehydes is 4. The van der Waals surface area contributed by atoms with E-state index in [0.29, 0.717) is 36.3 Å². The summed E-state index contributed by atoms with van der Waals surface area (Å²) in [5.74, 6) is 0.176. The van der Waals surface area contributed by atoms with E-state index in [9.17, 15) is 19.2 Å². The van der Waals surface area contributed by atoms with E-state index in [4.69, 9.17) is 0 Å². The molecule has 0 saturated carbocycles. The molecule has 7 heteroatoms. The lowest BCUT2D eigenvalue weighted by Crippen LogP contribution is -1.81. The van der Waals surface area contributed by atoms with Gasteiger partial charge in [0.05, 0.1) is 23.7 Å². The highest BCUT2D eigenvalue weighted by Crippen LogP contribution is 2.03. The Balaban J connectivity index is 0.000000324. The third-order valence-electron chi connectivity index (χ3n) is 1.92. The Morgan fingerprint density at radius 1 is 0.684 bits per heavy atom. The number of rotatable bonds is 4. The van der Waals surface area contributed by atoms with Gasteiger partial charge in [-0.1, -0.05) is 0 Å². The maximum absolute atomic E-state index is 10.0. The van der Waals surface area contributed by atoms with Crippen LogP contribution in [-0.2, 0) is 0 Å². The Labute approximate surface area is 107 Å². The van der Waals surface area contributed by atoms with Crippen molar-refractivity contribution >= 4 is 25.1 Å². The zero-order valence-corrected chi connectivity index (χ0v) is 9.57. The smallest absolute Gasteiger partial charge is 0.186 e. The van der Waals surface area contributed by atoms with Crippen molar-refractivity contribution < 1.29 is 33.5 Å². The van der Waals surface area contributed by atoms with Gasteiger partial charge in [0.2, 0.25) is 0 Å². The largest absolute Gasteiger partial charge is 0.461 e. The average molecular weight is 266 g/mol. The van der Waals surface area contributed by atoms with Gasteiger partial charge in [0, 0.05) is 0 Å². The van der Waals surface area contributed by atoms with E-state index in [-0.39, 0.29) is 17.0 Å². The highest BCUT2D eigenvalue weighted by molar-refractivity contribution is 5.88. The number of hydrogen-bond donors (Lipinski definition) is 0. The molecule has 2 N–H and O–H groups in total. The van der Waals surface area contributed by atoms with Crippen LogP contribution in [0, 0.1) is 0 Å². The summed E-state index contributed by atoms with van der Waals surface area (Å²) in [5, 5.41) is 0. The molecule has 0 aliphatic rings. The first-order valence-corrected chi connectivity index (χ1v) is 4.72. The van der Waals surface area contributed by atoms with Crippen LogP contribution < -0.4 is 0 Å². The van der Waals surface area contributed by atoms with Crippen LogP contribution in [0.25, 0.3) is 0 Å². The van der Waals surface area contributed by atoms with Crippen LogP contribution in [0.4, 0.5) is 0 Å². The lowest BCUT2D eigenvalue weighted by Gasteiger charge is -1.77. The fourth-order valence-corrected chi connectivity index (χ4v) is 1.05. The van der Waals surface area contributed by atoms with Crippen molar-refractivity contribution in [2.45, 2.75) is 0 Å². The van der Waals surface area contributed by atoms with Gasteiger partial charge in [0.1, 0.15) is 0 Å². The predicted molar refractivity (Wildman–Crippen MR) is 62.6 cm³/mol. The van der Waals surface area contributed by atoms with Crippen LogP contribution >= 0.6 is 0 Å². The second kappa shape index (κ2) is 8.31. The quantitative estimate of drug-likeness (QED) is 0.759. The van der Waals surface area contributed by atoms with Crippen molar-refractivity contribution in [2.24, 2.45) is 0 Å². The summed E-state index contributed by atoms with van der Waals surface area (Å²) in [6, 6.07) is 2.88. The first-order chi connectivity index (χ1) is 8.76. The number of carbonyl (C=O) groups excluding carboxylic acids is 4. The normalized spacial score (nSPS) is 8.42. The fraction of sp³-hybridized carbons (Fsp3) is 0. The second-order valence-electron chi connectivity index (χ2n) is 2.95. The number of carbonyl (C=O) groups is 4. The highest BCUT2D eigenvalue weighted by Gasteiger charge is 2.01. The average Bonchev–Trinajstić information content (AvgIpc) is 3.06. The van der Waals surface area contributed by atoms with Crippen molar-refractivity contribution in [3.63, 3.8) is 0 Å². The molecule has 0 fully saturated rings. The molecule has 2 aromatic rings. The molecule has 2 aromatic heterocycles. The lowest BCUT2D eigenvalue weighted by molar-refractivity contribution is 0.107. The molecule has 2 heterocycles. The standard InChI is InChI=1S/2C6H4O3.H2O/c2*7-3-5-1-2-9-6(5)4-8;/h2*1-4H;1H2. The Morgan fingerprint density at radius 2 is 1.05 bits per heavy atom. The maximum atomic E-state index is 10.0. The monoisotopic (exact) mass is 266 g/mol. The zero-order valence-electron chi connectivity index (χ0n) is 9.57. The van der Waals surface area contributed by atoms with Gasteiger partial charge in [-0.25, -0.2) is 0 Å². The summed E-state index contributed by atoms with van der Waals surface area (Å²) in [6.07, 6.45) is 4.76. The van der Waals surface area contributed by atoms with Crippen molar-refractivity contribution in [3.8, 4) is 0 Å². The molecule has 2 rings (SSSR count). The zero-order chi connectivity index (χ0) is 13.4. The molecule has 0 spiro atoms. The maximum Gasteiger partial charge on any atom is 0.186 e. The third-order valence-corrected chi connectivity index (χ3v) is 1.92. The van der Waals surface area contributed by atoms with E-state index in [1.54, 1.807) is 0 Å². The van der Waals surface area contributed by atoms with Crippen molar-refractivity contribution in [1.29, 1.82) is 0 Å². The van der Waals surface area contributed by atoms with Crippen molar-refractivity contribution in [2.75, 3.05) is 0 Å².